The van der Waals surface area contributed by atoms with E-state index < -0.39 is 0 Å². The number of likely N-dealkylation sites (tertiary alicyclic amines) is 1. The van der Waals surface area contributed by atoms with Crippen LogP contribution in [-0.2, 0) is 4.79 Å². The van der Waals surface area contributed by atoms with Crippen molar-refractivity contribution in [3.8, 4) is 11.5 Å². The Morgan fingerprint density at radius 1 is 1.00 bits per heavy atom. The first-order valence-electron chi connectivity index (χ1n) is 11.7. The van der Waals surface area contributed by atoms with Gasteiger partial charge in [-0.3, -0.25) is 10.1 Å². The summed E-state index contributed by atoms with van der Waals surface area (Å²) in [5, 5.41) is 6.64. The number of aliphatic imine (C=N–C) groups is 1. The first-order chi connectivity index (χ1) is 17.4. The van der Waals surface area contributed by atoms with Crippen LogP contribution in [0.4, 0.5) is 11.6 Å². The lowest BCUT2D eigenvalue weighted by Gasteiger charge is -2.32. The molecule has 0 unspecified atom stereocenters. The summed E-state index contributed by atoms with van der Waals surface area (Å²) < 4.78 is 5.84. The van der Waals surface area contributed by atoms with Crippen LogP contribution in [0.2, 0.25) is 0 Å². The van der Waals surface area contributed by atoms with Gasteiger partial charge in [0.15, 0.2) is 0 Å². The predicted octanol–water partition coefficient (Wildman–Crippen LogP) is 4.25. The predicted molar refractivity (Wildman–Crippen MR) is 145 cm³/mol. The molecule has 0 radical (unpaired) electrons. The van der Waals surface area contributed by atoms with Crippen LogP contribution in [0.5, 0.6) is 11.5 Å². The molecule has 3 aromatic rings. The summed E-state index contributed by atoms with van der Waals surface area (Å²) in [6, 6.07) is 19.0. The van der Waals surface area contributed by atoms with Crippen LogP contribution in [0, 0.1) is 19.8 Å². The van der Waals surface area contributed by atoms with Crippen molar-refractivity contribution >= 4 is 40.8 Å². The number of primary amides is 1. The van der Waals surface area contributed by atoms with Crippen molar-refractivity contribution in [3.63, 3.8) is 0 Å². The highest BCUT2D eigenvalue weighted by Crippen LogP contribution is 2.23. The van der Waals surface area contributed by atoms with Gasteiger partial charge in [0.25, 0.3) is 0 Å². The summed E-state index contributed by atoms with van der Waals surface area (Å²) in [5.41, 5.74) is 7.97. The largest absolute Gasteiger partial charge is 0.457 e. The van der Waals surface area contributed by atoms with Crippen LogP contribution in [0.1, 0.15) is 24.2 Å². The number of nitrogens with one attached hydrogen (secondary N) is 2. The quantitative estimate of drug-likeness (QED) is 0.269. The highest BCUT2D eigenvalue weighted by molar-refractivity contribution is 7.80. The monoisotopic (exact) mass is 503 g/mol. The second-order valence-electron chi connectivity index (χ2n) is 8.57. The third-order valence-corrected chi connectivity index (χ3v) is 5.89. The van der Waals surface area contributed by atoms with Gasteiger partial charge in [0.1, 0.15) is 11.5 Å². The Kier molecular flexibility index (Phi) is 8.06. The van der Waals surface area contributed by atoms with E-state index in [0.29, 0.717) is 43.6 Å². The molecule has 10 heteroatoms. The maximum atomic E-state index is 11.6. The number of amides is 1. The first-order valence-corrected chi connectivity index (χ1v) is 12.1. The molecule has 1 aliphatic rings. The van der Waals surface area contributed by atoms with Gasteiger partial charge in [-0.2, -0.15) is 4.99 Å². The van der Waals surface area contributed by atoms with E-state index in [4.69, 9.17) is 22.7 Å². The van der Waals surface area contributed by atoms with Crippen molar-refractivity contribution in [2.24, 2.45) is 16.6 Å². The van der Waals surface area contributed by atoms with Crippen LogP contribution in [0.3, 0.4) is 0 Å². The van der Waals surface area contributed by atoms with E-state index in [2.05, 4.69) is 25.6 Å². The van der Waals surface area contributed by atoms with E-state index in [1.165, 1.54) is 0 Å². The Balaban J connectivity index is 1.47. The smallest absolute Gasteiger partial charge is 0.229 e. The van der Waals surface area contributed by atoms with Gasteiger partial charge in [-0.25, -0.2) is 9.97 Å². The number of hydrogen-bond donors (Lipinski definition) is 3. The summed E-state index contributed by atoms with van der Waals surface area (Å²) in [5.74, 6) is 2.03. The van der Waals surface area contributed by atoms with Gasteiger partial charge in [0.05, 0.1) is 0 Å². The Hall–Kier alpha value is -4.05. The van der Waals surface area contributed by atoms with Crippen LogP contribution in [0.25, 0.3) is 0 Å². The van der Waals surface area contributed by atoms with E-state index in [1.54, 1.807) is 0 Å². The van der Waals surface area contributed by atoms with Gasteiger partial charge in [-0.15, -0.1) is 0 Å². The molecule has 1 saturated heterocycles. The van der Waals surface area contributed by atoms with E-state index >= 15 is 0 Å². The fourth-order valence-electron chi connectivity index (χ4n) is 3.91. The summed E-state index contributed by atoms with van der Waals surface area (Å²) in [6.45, 7) is 5.04. The first kappa shape index (κ1) is 25.1. The van der Waals surface area contributed by atoms with Gasteiger partial charge < -0.3 is 20.7 Å². The second-order valence-corrected chi connectivity index (χ2v) is 8.95. The van der Waals surface area contributed by atoms with Crippen LogP contribution in [-0.4, -0.2) is 44.9 Å². The maximum absolute atomic E-state index is 11.6. The summed E-state index contributed by atoms with van der Waals surface area (Å²) >= 11 is 5.54. The number of benzene rings is 2. The molecule has 0 spiro atoms. The maximum Gasteiger partial charge on any atom is 0.229 e. The van der Waals surface area contributed by atoms with Crippen LogP contribution < -0.4 is 21.1 Å². The Morgan fingerprint density at radius 2 is 1.61 bits per heavy atom. The minimum absolute atomic E-state index is 0.137. The summed E-state index contributed by atoms with van der Waals surface area (Å²) in [6.07, 6.45) is 1.29. The van der Waals surface area contributed by atoms with Crippen molar-refractivity contribution < 1.29 is 9.53 Å². The molecule has 1 fully saturated rings. The normalized spacial score (nSPS) is 14.3. The minimum atomic E-state index is -0.268. The molecular formula is C26H29N7O2S. The molecule has 36 heavy (non-hydrogen) atoms. The number of ether oxygens (including phenoxy) is 1. The molecular weight excluding hydrogens is 474 g/mol. The van der Waals surface area contributed by atoms with Crippen LogP contribution >= 0.6 is 12.2 Å². The molecule has 0 bridgehead atoms. The van der Waals surface area contributed by atoms with E-state index in [-0.39, 0.29) is 16.9 Å². The average molecular weight is 504 g/mol. The molecule has 186 valence electrons. The number of nitrogens with two attached hydrogens (primary N) is 1. The molecule has 2 heterocycles. The Morgan fingerprint density at radius 3 is 2.22 bits per heavy atom. The van der Waals surface area contributed by atoms with Gasteiger partial charge in [-0.05, 0) is 81.4 Å². The number of aryl methyl sites for hydroxylation is 2. The Labute approximate surface area is 215 Å². The fourth-order valence-corrected chi connectivity index (χ4v) is 4.12. The number of piperidine rings is 1. The van der Waals surface area contributed by atoms with Gasteiger partial charge in [0.2, 0.25) is 22.9 Å². The van der Waals surface area contributed by atoms with E-state index in [9.17, 15) is 4.79 Å². The molecule has 4 N–H and O–H groups in total. The van der Waals surface area contributed by atoms with Crippen molar-refractivity contribution in [1.29, 1.82) is 0 Å². The number of aromatic nitrogens is 2. The SMILES string of the molecule is Cc1cc(C)nc(N/C(=N/C(=S)Nc2ccc(Oc3ccccc3)cc2)N2CCC(C(N)=O)CC2)n1. The standard InChI is InChI=1S/C26H29N7O2S/c1-17-16-18(2)29-24(28-17)31-25(33-14-12-19(13-15-33)23(27)34)32-26(36)30-20-8-10-22(11-9-20)35-21-6-4-3-5-7-21/h3-11,16,19H,12-15H2,1-2H3,(H2,27,34)(H2,28,29,30,31,32,36). The molecule has 2 aromatic carbocycles. The zero-order chi connectivity index (χ0) is 25.5. The zero-order valence-corrected chi connectivity index (χ0v) is 21.1. The number of rotatable bonds is 5. The van der Waals surface area contributed by atoms with E-state index in [1.807, 2.05) is 79.4 Å². The summed E-state index contributed by atoms with van der Waals surface area (Å²) in [4.78, 5) is 27.2. The number of thiocarbonyl (C=S) groups is 1. The van der Waals surface area contributed by atoms with Gasteiger partial charge in [0, 0.05) is 36.1 Å². The van der Waals surface area contributed by atoms with Crippen molar-refractivity contribution in [1.82, 2.24) is 14.9 Å². The van der Waals surface area contributed by atoms with Crippen molar-refractivity contribution in [2.45, 2.75) is 26.7 Å². The van der Waals surface area contributed by atoms with Crippen molar-refractivity contribution in [2.75, 3.05) is 23.7 Å². The molecule has 1 amide bonds. The molecule has 0 atom stereocenters. The highest BCUT2D eigenvalue weighted by Gasteiger charge is 2.25. The lowest BCUT2D eigenvalue weighted by Crippen LogP contribution is -2.45. The fraction of sp³-hybridized carbons (Fsp3) is 0.269. The van der Waals surface area contributed by atoms with E-state index in [0.717, 1.165) is 22.8 Å². The lowest BCUT2D eigenvalue weighted by atomic mass is 9.96. The second kappa shape index (κ2) is 11.6. The molecule has 9 nitrogen and oxygen atoms in total. The third-order valence-electron chi connectivity index (χ3n) is 5.69. The minimum Gasteiger partial charge on any atom is -0.457 e. The number of anilines is 2. The topological polar surface area (TPSA) is 118 Å². The molecule has 4 rings (SSSR count). The van der Waals surface area contributed by atoms with Gasteiger partial charge in [-0.1, -0.05) is 18.2 Å². The van der Waals surface area contributed by atoms with Crippen LogP contribution in [0.15, 0.2) is 65.7 Å². The number of hydrogen-bond acceptors (Lipinski definition) is 5. The lowest BCUT2D eigenvalue weighted by molar-refractivity contribution is -0.122. The number of carbonyl (C=O) groups is 1. The third kappa shape index (κ3) is 6.98. The molecule has 1 aromatic heterocycles. The average Bonchev–Trinajstić information content (AvgIpc) is 2.85. The number of para-hydroxylation sites is 1. The molecule has 1 aliphatic heterocycles. The number of nitrogens with zero attached hydrogens (tertiary/aromatic N) is 4. The highest BCUT2D eigenvalue weighted by atomic mass is 32.1. The molecule has 0 saturated carbocycles. The number of carbonyl (C=O) groups excluding carboxylic acids is 1. The van der Waals surface area contributed by atoms with Gasteiger partial charge >= 0.3 is 0 Å². The molecule has 0 aliphatic carbocycles. The van der Waals surface area contributed by atoms with Crippen molar-refractivity contribution in [3.05, 3.63) is 72.1 Å². The zero-order valence-electron chi connectivity index (χ0n) is 20.3. The summed E-state index contributed by atoms with van der Waals surface area (Å²) in [7, 11) is 0. The Bertz CT molecular complexity index is 1220. The number of guanidine groups is 1.